The third-order valence-corrected chi connectivity index (χ3v) is 6.83. The molecule has 0 fully saturated rings. The molecule has 2 aromatic carbocycles. The Labute approximate surface area is 227 Å². The molecule has 0 saturated carbocycles. The van der Waals surface area contributed by atoms with Gasteiger partial charge in [0.1, 0.15) is 5.82 Å². The molecule has 202 valence electrons. The molecule has 0 saturated heterocycles. The van der Waals surface area contributed by atoms with Crippen LogP contribution in [0.4, 0.5) is 11.8 Å². The first-order chi connectivity index (χ1) is 18.6. The van der Waals surface area contributed by atoms with Gasteiger partial charge in [0, 0.05) is 45.1 Å². The molecule has 7 heteroatoms. The summed E-state index contributed by atoms with van der Waals surface area (Å²) in [5, 5.41) is 6.50. The van der Waals surface area contributed by atoms with Crippen molar-refractivity contribution in [2.75, 3.05) is 50.5 Å². The Morgan fingerprint density at radius 3 is 2.63 bits per heavy atom. The molecule has 7 nitrogen and oxygen atoms in total. The van der Waals surface area contributed by atoms with E-state index in [9.17, 15) is 0 Å². The second-order valence-electron chi connectivity index (χ2n) is 9.72. The average Bonchev–Trinajstić information content (AvgIpc) is 3.06. The van der Waals surface area contributed by atoms with Crippen LogP contribution >= 0.6 is 0 Å². The molecule has 0 radical (unpaired) electrons. The van der Waals surface area contributed by atoms with E-state index >= 15 is 0 Å². The van der Waals surface area contributed by atoms with Crippen molar-refractivity contribution >= 4 is 17.5 Å². The number of aromatic nitrogens is 2. The molecular formula is C31H42N6O. The number of nitrogens with zero attached hydrogens (tertiary/aromatic N) is 4. The first kappa shape index (κ1) is 27.6. The number of fused-ring (bicyclic) bond motifs is 1. The molecule has 3 aromatic rings. The van der Waals surface area contributed by atoms with Crippen LogP contribution in [0.5, 0.6) is 0 Å². The van der Waals surface area contributed by atoms with Crippen LogP contribution in [-0.4, -0.2) is 55.1 Å². The van der Waals surface area contributed by atoms with E-state index in [2.05, 4.69) is 107 Å². The number of rotatable bonds is 12. The molecule has 1 aliphatic rings. The second kappa shape index (κ2) is 13.9. The van der Waals surface area contributed by atoms with Crippen molar-refractivity contribution in [3.05, 3.63) is 89.1 Å². The Hall–Kier alpha value is -3.42. The van der Waals surface area contributed by atoms with E-state index in [1.807, 2.05) is 13.2 Å². The molecule has 0 amide bonds. The highest BCUT2D eigenvalue weighted by Crippen LogP contribution is 2.32. The van der Waals surface area contributed by atoms with Crippen LogP contribution in [0.3, 0.4) is 0 Å². The van der Waals surface area contributed by atoms with Crippen LogP contribution in [0.1, 0.15) is 55.0 Å². The van der Waals surface area contributed by atoms with Crippen LogP contribution in [0, 0.1) is 0 Å². The lowest BCUT2D eigenvalue weighted by Gasteiger charge is -2.26. The Morgan fingerprint density at radius 1 is 1.05 bits per heavy atom. The van der Waals surface area contributed by atoms with Crippen LogP contribution in [0.15, 0.2) is 66.9 Å². The Kier molecular flexibility index (Phi) is 10.1. The van der Waals surface area contributed by atoms with Crippen molar-refractivity contribution in [3.63, 3.8) is 0 Å². The summed E-state index contributed by atoms with van der Waals surface area (Å²) in [6.07, 6.45) is 6.22. The molecule has 1 atom stereocenters. The summed E-state index contributed by atoms with van der Waals surface area (Å²) < 4.78 is 6.44. The first-order valence-electron chi connectivity index (χ1n) is 13.8. The zero-order chi connectivity index (χ0) is 26.7. The van der Waals surface area contributed by atoms with E-state index in [0.29, 0.717) is 12.6 Å². The standard InChI is InChI=1S/C31H42N6O/c1-5-11-28-27-21-34-31(33-6-2)35-30(27)36(4)18-19-37(28)22-24-12-10-13-25(20-24)23-38-29(16-17-32-3)26-14-8-7-9-15-26/h7-15,20-21,29,32H,5-6,16-19,22-23H2,1-4H3,(H,33,34,35)/b28-11-. The number of anilines is 2. The van der Waals surface area contributed by atoms with Gasteiger partial charge < -0.3 is 25.2 Å². The smallest absolute Gasteiger partial charge is 0.224 e. The minimum Gasteiger partial charge on any atom is -0.369 e. The fourth-order valence-electron chi connectivity index (χ4n) is 4.88. The van der Waals surface area contributed by atoms with Crippen LogP contribution < -0.4 is 15.5 Å². The lowest BCUT2D eigenvalue weighted by Crippen LogP contribution is -2.28. The van der Waals surface area contributed by atoms with E-state index < -0.39 is 0 Å². The van der Waals surface area contributed by atoms with Gasteiger partial charge in [-0.15, -0.1) is 0 Å². The summed E-state index contributed by atoms with van der Waals surface area (Å²) in [5.74, 6) is 1.66. The number of allylic oxidation sites excluding steroid dienone is 1. The minimum atomic E-state index is 0.0659. The molecule has 0 bridgehead atoms. The number of hydrogen-bond acceptors (Lipinski definition) is 7. The van der Waals surface area contributed by atoms with Gasteiger partial charge >= 0.3 is 0 Å². The van der Waals surface area contributed by atoms with Crippen molar-refractivity contribution in [2.45, 2.75) is 45.9 Å². The Morgan fingerprint density at radius 2 is 1.87 bits per heavy atom. The van der Waals surface area contributed by atoms with Crippen molar-refractivity contribution in [2.24, 2.45) is 0 Å². The summed E-state index contributed by atoms with van der Waals surface area (Å²) in [4.78, 5) is 14.1. The first-order valence-corrected chi connectivity index (χ1v) is 13.8. The average molecular weight is 515 g/mol. The molecule has 1 aliphatic heterocycles. The van der Waals surface area contributed by atoms with E-state index in [-0.39, 0.29) is 6.10 Å². The summed E-state index contributed by atoms with van der Waals surface area (Å²) in [7, 11) is 4.10. The highest BCUT2D eigenvalue weighted by Gasteiger charge is 2.24. The maximum Gasteiger partial charge on any atom is 0.224 e. The monoisotopic (exact) mass is 514 g/mol. The van der Waals surface area contributed by atoms with Gasteiger partial charge in [0.2, 0.25) is 5.95 Å². The quantitative estimate of drug-likeness (QED) is 0.332. The largest absolute Gasteiger partial charge is 0.369 e. The lowest BCUT2D eigenvalue weighted by atomic mass is 10.1. The molecular weight excluding hydrogens is 472 g/mol. The van der Waals surface area contributed by atoms with Gasteiger partial charge in [-0.2, -0.15) is 4.98 Å². The predicted octanol–water partition coefficient (Wildman–Crippen LogP) is 5.48. The zero-order valence-electron chi connectivity index (χ0n) is 23.3. The molecule has 4 rings (SSSR count). The van der Waals surface area contributed by atoms with Crippen LogP contribution in [0.2, 0.25) is 0 Å². The third kappa shape index (κ3) is 7.11. The predicted molar refractivity (Wildman–Crippen MR) is 157 cm³/mol. The van der Waals surface area contributed by atoms with E-state index in [0.717, 1.165) is 56.9 Å². The highest BCUT2D eigenvalue weighted by molar-refractivity contribution is 5.75. The SMILES string of the molecule is CC/C=C1/c2cnc(NCC)nc2N(C)CCN1Cc1cccc(COC(CCNC)c2ccccc2)c1. The van der Waals surface area contributed by atoms with Gasteiger partial charge in [-0.25, -0.2) is 4.98 Å². The molecule has 0 aliphatic carbocycles. The zero-order valence-corrected chi connectivity index (χ0v) is 23.3. The van der Waals surface area contributed by atoms with Crippen molar-refractivity contribution in [1.82, 2.24) is 20.2 Å². The molecule has 2 N–H and O–H groups in total. The van der Waals surface area contributed by atoms with Crippen LogP contribution in [0.25, 0.3) is 5.70 Å². The van der Waals surface area contributed by atoms with E-state index in [1.54, 1.807) is 0 Å². The summed E-state index contributed by atoms with van der Waals surface area (Å²) in [6.45, 7) is 9.17. The fraction of sp³-hybridized carbons (Fsp3) is 0.419. The summed E-state index contributed by atoms with van der Waals surface area (Å²) >= 11 is 0. The van der Waals surface area contributed by atoms with Gasteiger partial charge in [0.25, 0.3) is 0 Å². The summed E-state index contributed by atoms with van der Waals surface area (Å²) in [6, 6.07) is 19.3. The van der Waals surface area contributed by atoms with Gasteiger partial charge in [0.15, 0.2) is 0 Å². The Bertz CT molecular complexity index is 1180. The molecule has 1 aromatic heterocycles. The second-order valence-corrected chi connectivity index (χ2v) is 9.72. The molecule has 1 unspecified atom stereocenters. The maximum absolute atomic E-state index is 6.44. The van der Waals surface area contributed by atoms with E-state index in [4.69, 9.17) is 9.72 Å². The van der Waals surface area contributed by atoms with Gasteiger partial charge in [-0.05, 0) is 50.0 Å². The normalized spacial score (nSPS) is 15.3. The van der Waals surface area contributed by atoms with Gasteiger partial charge in [-0.1, -0.05) is 67.6 Å². The third-order valence-electron chi connectivity index (χ3n) is 6.83. The van der Waals surface area contributed by atoms with Crippen LogP contribution in [-0.2, 0) is 17.9 Å². The highest BCUT2D eigenvalue weighted by atomic mass is 16.5. The van der Waals surface area contributed by atoms with Crippen molar-refractivity contribution in [3.8, 4) is 0 Å². The maximum atomic E-state index is 6.44. The topological polar surface area (TPSA) is 65.6 Å². The number of nitrogens with one attached hydrogen (secondary N) is 2. The van der Waals surface area contributed by atoms with Gasteiger partial charge in [0.05, 0.1) is 18.3 Å². The van der Waals surface area contributed by atoms with Gasteiger partial charge in [-0.3, -0.25) is 0 Å². The minimum absolute atomic E-state index is 0.0659. The number of benzene rings is 2. The number of ether oxygens (including phenoxy) is 1. The fourth-order valence-corrected chi connectivity index (χ4v) is 4.88. The number of likely N-dealkylation sites (N-methyl/N-ethyl adjacent to an activating group) is 1. The molecule has 38 heavy (non-hydrogen) atoms. The summed E-state index contributed by atoms with van der Waals surface area (Å²) in [5.41, 5.74) is 5.98. The molecule has 2 heterocycles. The lowest BCUT2D eigenvalue weighted by molar-refractivity contribution is 0.0343. The van der Waals surface area contributed by atoms with E-state index in [1.165, 1.54) is 22.4 Å². The number of hydrogen-bond donors (Lipinski definition) is 2. The Balaban J connectivity index is 1.51. The van der Waals surface area contributed by atoms with Crippen molar-refractivity contribution in [1.29, 1.82) is 0 Å². The van der Waals surface area contributed by atoms with Crippen molar-refractivity contribution < 1.29 is 4.74 Å². The molecule has 0 spiro atoms.